The highest BCUT2D eigenvalue weighted by Gasteiger charge is 2.24. The summed E-state index contributed by atoms with van der Waals surface area (Å²) in [6, 6.07) is 1.52. The van der Waals surface area contributed by atoms with Gasteiger partial charge in [-0.2, -0.15) is 0 Å². The van der Waals surface area contributed by atoms with Crippen LogP contribution >= 0.6 is 15.9 Å². The third kappa shape index (κ3) is 2.44. The first-order valence-electron chi connectivity index (χ1n) is 5.56. The molecular weight excluding hydrogens is 302 g/mol. The quantitative estimate of drug-likeness (QED) is 0.891. The van der Waals surface area contributed by atoms with Crippen molar-refractivity contribution in [2.45, 2.75) is 25.8 Å². The maximum atomic E-state index is 10.6. The van der Waals surface area contributed by atoms with Gasteiger partial charge in [0.15, 0.2) is 11.5 Å². The van der Waals surface area contributed by atoms with Crippen LogP contribution in [0.3, 0.4) is 0 Å². The summed E-state index contributed by atoms with van der Waals surface area (Å²) in [7, 11) is 0. The fourth-order valence-electron chi connectivity index (χ4n) is 2.02. The Hall–Kier alpha value is -1.27. The molecule has 0 bridgehead atoms. The Kier molecular flexibility index (Phi) is 3.77. The van der Waals surface area contributed by atoms with Crippen LogP contribution in [0.25, 0.3) is 0 Å². The molecule has 1 atom stereocenters. The molecular formula is C12H14BrNO4. The highest BCUT2D eigenvalue weighted by molar-refractivity contribution is 9.10. The molecule has 0 saturated carbocycles. The summed E-state index contributed by atoms with van der Waals surface area (Å²) in [5, 5.41) is 8.69. The lowest BCUT2D eigenvalue weighted by Gasteiger charge is -2.17. The van der Waals surface area contributed by atoms with E-state index < -0.39 is 5.97 Å². The molecule has 1 aliphatic heterocycles. The molecule has 0 saturated heterocycles. The number of nitrogens with two attached hydrogens (primary N) is 1. The third-order valence-corrected chi connectivity index (χ3v) is 3.68. The number of ether oxygens (including phenoxy) is 2. The second-order valence-electron chi connectivity index (χ2n) is 4.19. The van der Waals surface area contributed by atoms with Gasteiger partial charge >= 0.3 is 5.97 Å². The van der Waals surface area contributed by atoms with Gasteiger partial charge in [0, 0.05) is 12.5 Å². The molecule has 2 rings (SSSR count). The van der Waals surface area contributed by atoms with E-state index in [1.165, 1.54) is 0 Å². The van der Waals surface area contributed by atoms with Gasteiger partial charge in [0.2, 0.25) is 6.79 Å². The lowest BCUT2D eigenvalue weighted by molar-refractivity contribution is -0.137. The minimum absolute atomic E-state index is 0.0431. The van der Waals surface area contributed by atoms with Crippen molar-refractivity contribution in [3.8, 4) is 11.5 Å². The van der Waals surface area contributed by atoms with E-state index >= 15 is 0 Å². The van der Waals surface area contributed by atoms with Crippen molar-refractivity contribution in [3.63, 3.8) is 0 Å². The molecule has 1 aromatic carbocycles. The minimum atomic E-state index is -0.847. The van der Waals surface area contributed by atoms with E-state index in [1.54, 1.807) is 0 Å². The Morgan fingerprint density at radius 1 is 1.61 bits per heavy atom. The second kappa shape index (κ2) is 5.16. The summed E-state index contributed by atoms with van der Waals surface area (Å²) in [6.07, 6.45) is 0.426. The third-order valence-electron chi connectivity index (χ3n) is 2.89. The first-order chi connectivity index (χ1) is 8.50. The molecule has 3 N–H and O–H groups in total. The molecule has 6 heteroatoms. The largest absolute Gasteiger partial charge is 0.481 e. The van der Waals surface area contributed by atoms with Crippen LogP contribution in [0.15, 0.2) is 10.5 Å². The van der Waals surface area contributed by atoms with Gasteiger partial charge in [-0.3, -0.25) is 4.79 Å². The average Bonchev–Trinajstić information content (AvgIpc) is 2.74. The van der Waals surface area contributed by atoms with E-state index in [0.29, 0.717) is 17.9 Å². The van der Waals surface area contributed by atoms with Crippen LogP contribution in [0.4, 0.5) is 0 Å². The van der Waals surface area contributed by atoms with Crippen LogP contribution in [0.2, 0.25) is 0 Å². The van der Waals surface area contributed by atoms with Crippen molar-refractivity contribution in [1.29, 1.82) is 0 Å². The first-order valence-corrected chi connectivity index (χ1v) is 6.36. The Labute approximate surface area is 113 Å². The van der Waals surface area contributed by atoms with Gasteiger partial charge in [-0.05, 0) is 46.5 Å². The van der Waals surface area contributed by atoms with Gasteiger partial charge < -0.3 is 20.3 Å². The van der Waals surface area contributed by atoms with Crippen molar-refractivity contribution in [2.24, 2.45) is 5.73 Å². The van der Waals surface area contributed by atoms with Crippen molar-refractivity contribution < 1.29 is 19.4 Å². The fraction of sp³-hybridized carbons (Fsp3) is 0.417. The smallest absolute Gasteiger partial charge is 0.303 e. The van der Waals surface area contributed by atoms with Crippen LogP contribution in [0, 0.1) is 6.92 Å². The number of aryl methyl sites for hydroxylation is 1. The number of carboxylic acids is 1. The molecule has 18 heavy (non-hydrogen) atoms. The van der Waals surface area contributed by atoms with E-state index in [9.17, 15) is 4.79 Å². The van der Waals surface area contributed by atoms with Crippen molar-refractivity contribution in [1.82, 2.24) is 0 Å². The predicted octanol–water partition coefficient (Wildman–Crippen LogP) is 2.35. The van der Waals surface area contributed by atoms with Crippen LogP contribution in [-0.2, 0) is 4.79 Å². The number of hydrogen-bond donors (Lipinski definition) is 2. The van der Waals surface area contributed by atoms with Crippen LogP contribution in [0.1, 0.15) is 30.0 Å². The van der Waals surface area contributed by atoms with Gasteiger partial charge in [-0.25, -0.2) is 0 Å². The SMILES string of the molecule is Cc1cc2c(c(Br)c1C(N)CCC(=O)O)OCO2. The summed E-state index contributed by atoms with van der Waals surface area (Å²) in [5.74, 6) is 0.481. The monoisotopic (exact) mass is 315 g/mol. The molecule has 1 heterocycles. The zero-order valence-corrected chi connectivity index (χ0v) is 11.5. The van der Waals surface area contributed by atoms with E-state index in [0.717, 1.165) is 15.6 Å². The molecule has 5 nitrogen and oxygen atoms in total. The number of carbonyl (C=O) groups is 1. The van der Waals surface area contributed by atoms with E-state index in [1.807, 2.05) is 13.0 Å². The minimum Gasteiger partial charge on any atom is -0.481 e. The average molecular weight is 316 g/mol. The van der Waals surface area contributed by atoms with E-state index in [2.05, 4.69) is 15.9 Å². The van der Waals surface area contributed by atoms with Gasteiger partial charge in [-0.1, -0.05) is 0 Å². The standard InChI is InChI=1S/C12H14BrNO4/c1-6-4-8-12(18-5-17-8)11(13)10(6)7(14)2-3-9(15)16/h4,7H,2-3,5,14H2,1H3,(H,15,16). The van der Waals surface area contributed by atoms with Crippen LogP contribution < -0.4 is 15.2 Å². The Balaban J connectivity index is 2.30. The molecule has 1 aliphatic rings. The molecule has 1 aromatic rings. The number of hydrogen-bond acceptors (Lipinski definition) is 4. The molecule has 0 spiro atoms. The highest BCUT2D eigenvalue weighted by atomic mass is 79.9. The van der Waals surface area contributed by atoms with Crippen molar-refractivity contribution in [2.75, 3.05) is 6.79 Å². The highest BCUT2D eigenvalue weighted by Crippen LogP contribution is 2.44. The Bertz CT molecular complexity index is 489. The number of aliphatic carboxylic acids is 1. The number of rotatable bonds is 4. The Morgan fingerprint density at radius 2 is 2.33 bits per heavy atom. The number of fused-ring (bicyclic) bond motifs is 1. The number of carboxylic acid groups (broad SMARTS) is 1. The topological polar surface area (TPSA) is 81.8 Å². The summed E-state index contributed by atoms with van der Waals surface area (Å²) in [6.45, 7) is 2.11. The molecule has 1 unspecified atom stereocenters. The molecule has 0 aliphatic carbocycles. The zero-order valence-electron chi connectivity index (χ0n) is 9.90. The summed E-state index contributed by atoms with van der Waals surface area (Å²) < 4.78 is 11.4. The first kappa shape index (κ1) is 13.2. The van der Waals surface area contributed by atoms with Crippen molar-refractivity contribution >= 4 is 21.9 Å². The molecule has 0 aromatic heterocycles. The molecule has 0 fully saturated rings. The number of halogens is 1. The maximum absolute atomic E-state index is 10.6. The molecule has 98 valence electrons. The predicted molar refractivity (Wildman–Crippen MR) is 68.8 cm³/mol. The normalized spacial score (nSPS) is 14.6. The fourth-order valence-corrected chi connectivity index (χ4v) is 2.93. The van der Waals surface area contributed by atoms with E-state index in [4.69, 9.17) is 20.3 Å². The molecule has 0 radical (unpaired) electrons. The van der Waals surface area contributed by atoms with Gasteiger partial charge in [0.1, 0.15) is 0 Å². The van der Waals surface area contributed by atoms with Crippen LogP contribution in [0.5, 0.6) is 11.5 Å². The van der Waals surface area contributed by atoms with Crippen LogP contribution in [-0.4, -0.2) is 17.9 Å². The second-order valence-corrected chi connectivity index (χ2v) is 4.99. The lowest BCUT2D eigenvalue weighted by atomic mass is 9.97. The summed E-state index contributed by atoms with van der Waals surface area (Å²) in [5.41, 5.74) is 7.89. The number of benzene rings is 1. The lowest BCUT2D eigenvalue weighted by Crippen LogP contribution is -2.14. The van der Waals surface area contributed by atoms with Gasteiger partial charge in [-0.15, -0.1) is 0 Å². The van der Waals surface area contributed by atoms with E-state index in [-0.39, 0.29) is 19.3 Å². The molecule has 0 amide bonds. The summed E-state index contributed by atoms with van der Waals surface area (Å²) in [4.78, 5) is 10.6. The van der Waals surface area contributed by atoms with Crippen molar-refractivity contribution in [3.05, 3.63) is 21.7 Å². The van der Waals surface area contributed by atoms with Gasteiger partial charge in [0.05, 0.1) is 4.47 Å². The summed E-state index contributed by atoms with van der Waals surface area (Å²) >= 11 is 3.46. The maximum Gasteiger partial charge on any atom is 0.303 e. The van der Waals surface area contributed by atoms with Gasteiger partial charge in [0.25, 0.3) is 0 Å². The Morgan fingerprint density at radius 3 is 3.00 bits per heavy atom. The zero-order chi connectivity index (χ0) is 13.3.